The minimum Gasteiger partial charge on any atom is -0.493 e. The molecule has 3 rings (SSSR count). The summed E-state index contributed by atoms with van der Waals surface area (Å²) in [5.74, 6) is 0.917. The largest absolute Gasteiger partial charge is 0.493 e. The third-order valence-corrected chi connectivity index (χ3v) is 4.78. The highest BCUT2D eigenvalue weighted by Gasteiger charge is 2.20. The zero-order valence-corrected chi connectivity index (χ0v) is 17.1. The number of ether oxygens (including phenoxy) is 2. The summed E-state index contributed by atoms with van der Waals surface area (Å²) in [6.07, 6.45) is 2.28. The molecule has 0 unspecified atom stereocenters. The number of carbonyl (C=O) groups excluding carboxylic acids is 2. The fraction of sp³-hybridized carbons (Fsp3) is 0.391. The van der Waals surface area contributed by atoms with Gasteiger partial charge in [0.25, 0.3) is 0 Å². The molecule has 0 saturated carbocycles. The third kappa shape index (κ3) is 4.19. The molecule has 2 aromatic carbocycles. The first-order valence-electron chi connectivity index (χ1n) is 9.55. The Morgan fingerprint density at radius 3 is 2.64 bits per heavy atom. The quantitative estimate of drug-likeness (QED) is 0.718. The highest BCUT2D eigenvalue weighted by atomic mass is 16.6. The van der Waals surface area contributed by atoms with Gasteiger partial charge in [0, 0.05) is 11.3 Å². The van der Waals surface area contributed by atoms with Crippen LogP contribution in [0.25, 0.3) is 11.1 Å². The first-order chi connectivity index (χ1) is 13.2. The Bertz CT molecular complexity index is 925. The van der Waals surface area contributed by atoms with Gasteiger partial charge in [-0.2, -0.15) is 0 Å². The van der Waals surface area contributed by atoms with E-state index in [0.717, 1.165) is 59.3 Å². The number of amides is 1. The van der Waals surface area contributed by atoms with Crippen molar-refractivity contribution in [1.29, 1.82) is 0 Å². The van der Waals surface area contributed by atoms with Crippen LogP contribution < -0.4 is 10.1 Å². The van der Waals surface area contributed by atoms with Crippen molar-refractivity contribution in [2.75, 3.05) is 11.9 Å². The number of hydrogen-bond acceptors (Lipinski definition) is 4. The Hall–Kier alpha value is -2.82. The Kier molecular flexibility index (Phi) is 5.45. The van der Waals surface area contributed by atoms with Gasteiger partial charge in [-0.1, -0.05) is 6.07 Å². The second-order valence-electron chi connectivity index (χ2n) is 8.17. The van der Waals surface area contributed by atoms with E-state index < -0.39 is 11.7 Å². The van der Waals surface area contributed by atoms with Crippen molar-refractivity contribution in [3.05, 3.63) is 46.5 Å². The molecular weight excluding hydrogens is 354 g/mol. The number of nitrogens with one attached hydrogen (secondary N) is 1. The van der Waals surface area contributed by atoms with E-state index in [9.17, 15) is 9.59 Å². The Balaban J connectivity index is 2.01. The zero-order chi connectivity index (χ0) is 20.5. The van der Waals surface area contributed by atoms with E-state index in [-0.39, 0.29) is 0 Å². The van der Waals surface area contributed by atoms with Crippen molar-refractivity contribution < 1.29 is 19.1 Å². The summed E-state index contributed by atoms with van der Waals surface area (Å²) in [5.41, 5.74) is 5.22. The van der Waals surface area contributed by atoms with Crippen LogP contribution in [0.3, 0.4) is 0 Å². The zero-order valence-electron chi connectivity index (χ0n) is 17.1. The molecule has 2 aromatic rings. The van der Waals surface area contributed by atoms with E-state index in [2.05, 4.69) is 11.4 Å². The van der Waals surface area contributed by atoms with E-state index >= 15 is 0 Å². The molecular formula is C23H27NO4. The highest BCUT2D eigenvalue weighted by molar-refractivity contribution is 5.96. The minimum atomic E-state index is -0.592. The van der Waals surface area contributed by atoms with Crippen LogP contribution in [0.15, 0.2) is 24.3 Å². The summed E-state index contributed by atoms with van der Waals surface area (Å²) in [4.78, 5) is 24.1. The first-order valence-corrected chi connectivity index (χ1v) is 9.55. The molecule has 0 atom stereocenters. The van der Waals surface area contributed by atoms with Crippen LogP contribution in [0.5, 0.6) is 5.75 Å². The lowest BCUT2D eigenvalue weighted by molar-refractivity contribution is 0.0635. The monoisotopic (exact) mass is 381 g/mol. The maximum atomic E-state index is 12.2. The van der Waals surface area contributed by atoms with Crippen LogP contribution in [-0.4, -0.2) is 24.6 Å². The third-order valence-electron chi connectivity index (χ3n) is 4.78. The van der Waals surface area contributed by atoms with Gasteiger partial charge in [0.05, 0.1) is 6.61 Å². The standard InChI is InChI=1S/C23H27NO4/c1-14-11-19(24-22(26)28-23(3,4)5)15(2)18(13-25)21(14)17-8-9-20-16(12-17)7-6-10-27-20/h8-9,11-13H,6-7,10H2,1-5H3,(H,24,26). The lowest BCUT2D eigenvalue weighted by Crippen LogP contribution is -2.27. The lowest BCUT2D eigenvalue weighted by Gasteiger charge is -2.22. The molecule has 5 nitrogen and oxygen atoms in total. The van der Waals surface area contributed by atoms with Crippen molar-refractivity contribution in [3.8, 4) is 16.9 Å². The maximum Gasteiger partial charge on any atom is 0.412 e. The molecule has 0 saturated heterocycles. The molecule has 1 amide bonds. The number of hydrogen-bond donors (Lipinski definition) is 1. The average molecular weight is 381 g/mol. The van der Waals surface area contributed by atoms with Gasteiger partial charge in [-0.3, -0.25) is 10.1 Å². The number of rotatable bonds is 3. The smallest absolute Gasteiger partial charge is 0.412 e. The number of benzene rings is 2. The summed E-state index contributed by atoms with van der Waals surface area (Å²) in [7, 11) is 0. The number of carbonyl (C=O) groups is 2. The second-order valence-corrected chi connectivity index (χ2v) is 8.17. The van der Waals surface area contributed by atoms with Crippen molar-refractivity contribution >= 4 is 18.1 Å². The summed E-state index contributed by atoms with van der Waals surface area (Å²) in [6, 6.07) is 7.95. The molecule has 1 heterocycles. The number of aldehydes is 1. The van der Waals surface area contributed by atoms with Crippen LogP contribution in [0.1, 0.15) is 54.2 Å². The van der Waals surface area contributed by atoms with Gasteiger partial charge >= 0.3 is 6.09 Å². The molecule has 0 fully saturated rings. The second kappa shape index (κ2) is 7.66. The van der Waals surface area contributed by atoms with Gasteiger partial charge in [-0.15, -0.1) is 0 Å². The van der Waals surface area contributed by atoms with Crippen LogP contribution in [-0.2, 0) is 11.2 Å². The van der Waals surface area contributed by atoms with Gasteiger partial charge in [-0.25, -0.2) is 4.79 Å². The van der Waals surface area contributed by atoms with E-state index in [0.29, 0.717) is 11.3 Å². The van der Waals surface area contributed by atoms with Gasteiger partial charge in [0.15, 0.2) is 6.29 Å². The van der Waals surface area contributed by atoms with Gasteiger partial charge in [0.1, 0.15) is 11.4 Å². The normalized spacial score (nSPS) is 13.3. The maximum absolute atomic E-state index is 12.2. The van der Waals surface area contributed by atoms with Gasteiger partial charge < -0.3 is 9.47 Å². The first kappa shape index (κ1) is 19.9. The molecule has 0 spiro atoms. The van der Waals surface area contributed by atoms with E-state index in [1.807, 2.05) is 52.8 Å². The van der Waals surface area contributed by atoms with Crippen LogP contribution in [0, 0.1) is 13.8 Å². The number of anilines is 1. The molecule has 148 valence electrons. The Labute approximate surface area is 166 Å². The van der Waals surface area contributed by atoms with Crippen molar-refractivity contribution in [2.24, 2.45) is 0 Å². The molecule has 1 N–H and O–H groups in total. The Morgan fingerprint density at radius 2 is 1.96 bits per heavy atom. The minimum absolute atomic E-state index is 0.537. The molecule has 5 heteroatoms. The summed E-state index contributed by atoms with van der Waals surface area (Å²) < 4.78 is 11.0. The van der Waals surface area contributed by atoms with Crippen LogP contribution in [0.2, 0.25) is 0 Å². The van der Waals surface area contributed by atoms with E-state index in [1.54, 1.807) is 0 Å². The highest BCUT2D eigenvalue weighted by Crippen LogP contribution is 2.36. The molecule has 1 aliphatic rings. The fourth-order valence-corrected chi connectivity index (χ4v) is 3.53. The van der Waals surface area contributed by atoms with Crippen molar-refractivity contribution in [2.45, 2.75) is 53.1 Å². The lowest BCUT2D eigenvalue weighted by atomic mass is 9.89. The predicted octanol–water partition coefficient (Wildman–Crippen LogP) is 5.45. The van der Waals surface area contributed by atoms with E-state index in [1.165, 1.54) is 0 Å². The summed E-state index contributed by atoms with van der Waals surface area (Å²) in [5, 5.41) is 2.77. The molecule has 28 heavy (non-hydrogen) atoms. The van der Waals surface area contributed by atoms with Crippen LogP contribution >= 0.6 is 0 Å². The topological polar surface area (TPSA) is 64.6 Å². The predicted molar refractivity (Wildman–Crippen MR) is 110 cm³/mol. The van der Waals surface area contributed by atoms with Gasteiger partial charge in [0.2, 0.25) is 0 Å². The summed E-state index contributed by atoms with van der Waals surface area (Å²) in [6.45, 7) is 9.95. The average Bonchev–Trinajstić information content (AvgIpc) is 2.62. The molecule has 0 aliphatic carbocycles. The van der Waals surface area contributed by atoms with Crippen LogP contribution in [0.4, 0.5) is 10.5 Å². The summed E-state index contributed by atoms with van der Waals surface area (Å²) >= 11 is 0. The molecule has 1 aliphatic heterocycles. The SMILES string of the molecule is Cc1cc(NC(=O)OC(C)(C)C)c(C)c(C=O)c1-c1ccc2c(c1)CCCO2. The van der Waals surface area contributed by atoms with Gasteiger partial charge in [-0.05, 0) is 93.5 Å². The van der Waals surface area contributed by atoms with Crippen molar-refractivity contribution in [1.82, 2.24) is 0 Å². The Morgan fingerprint density at radius 1 is 1.21 bits per heavy atom. The molecule has 0 aromatic heterocycles. The number of fused-ring (bicyclic) bond motifs is 1. The molecule has 0 bridgehead atoms. The molecule has 0 radical (unpaired) electrons. The fourth-order valence-electron chi connectivity index (χ4n) is 3.53. The van der Waals surface area contributed by atoms with E-state index in [4.69, 9.17) is 9.47 Å². The van der Waals surface area contributed by atoms with Crippen molar-refractivity contribution in [3.63, 3.8) is 0 Å². The number of aryl methyl sites for hydroxylation is 2.